The predicted octanol–water partition coefficient (Wildman–Crippen LogP) is 4.23. The first-order chi connectivity index (χ1) is 21.0. The number of carbonyl (C=O) groups is 1. The van der Waals surface area contributed by atoms with Gasteiger partial charge in [-0.25, -0.2) is 9.59 Å². The average molecular weight is 583 g/mol. The smallest absolute Gasteiger partial charge is 0.433 e. The Bertz CT molecular complexity index is 1720. The van der Waals surface area contributed by atoms with Crippen LogP contribution in [0.25, 0.3) is 11.1 Å². The molecule has 10 heteroatoms. The predicted molar refractivity (Wildman–Crippen MR) is 155 cm³/mol. The Labute approximate surface area is 246 Å². The highest BCUT2D eigenvalue weighted by Gasteiger charge is 2.49. The number of nitrogens with zero attached hydrogens (tertiary/aromatic N) is 1. The van der Waals surface area contributed by atoms with Crippen molar-refractivity contribution in [1.82, 2.24) is 9.55 Å². The fourth-order valence-electron chi connectivity index (χ4n) is 6.25. The molecule has 0 saturated carbocycles. The average Bonchev–Trinajstić information content (AvgIpc) is 3.36. The van der Waals surface area contributed by atoms with Gasteiger partial charge in [-0.15, -0.1) is 0 Å². The van der Waals surface area contributed by atoms with E-state index in [9.17, 15) is 14.4 Å². The van der Waals surface area contributed by atoms with Gasteiger partial charge < -0.3 is 23.7 Å². The maximum Gasteiger partial charge on any atom is 0.508 e. The van der Waals surface area contributed by atoms with E-state index in [0.29, 0.717) is 5.56 Å². The first-order valence-corrected chi connectivity index (χ1v) is 14.2. The largest absolute Gasteiger partial charge is 0.508 e. The third kappa shape index (κ3) is 5.07. The second-order valence-corrected chi connectivity index (χ2v) is 11.0. The van der Waals surface area contributed by atoms with Gasteiger partial charge in [0.15, 0.2) is 12.4 Å². The minimum absolute atomic E-state index is 0.0244. The van der Waals surface area contributed by atoms with Crippen molar-refractivity contribution in [2.24, 2.45) is 0 Å². The normalized spacial score (nSPS) is 24.4. The molecule has 3 aromatic carbocycles. The number of hydrogen-bond acceptors (Lipinski definition) is 8. The third-order valence-corrected chi connectivity index (χ3v) is 8.38. The van der Waals surface area contributed by atoms with E-state index in [1.165, 1.54) is 10.8 Å². The van der Waals surface area contributed by atoms with Crippen LogP contribution in [0.3, 0.4) is 0 Å². The fourth-order valence-corrected chi connectivity index (χ4v) is 6.25. The zero-order valence-electron chi connectivity index (χ0n) is 23.4. The summed E-state index contributed by atoms with van der Waals surface area (Å²) in [5.74, 6) is -0.149. The van der Waals surface area contributed by atoms with Crippen LogP contribution in [0.4, 0.5) is 4.79 Å². The van der Waals surface area contributed by atoms with E-state index in [2.05, 4.69) is 17.1 Å². The molecular formula is C33H30N2O8. The number of rotatable bonds is 5. The van der Waals surface area contributed by atoms with E-state index < -0.39 is 48.0 Å². The summed E-state index contributed by atoms with van der Waals surface area (Å²) in [5, 5.41) is 0. The second kappa shape index (κ2) is 11.3. The molecule has 2 aliphatic heterocycles. The molecule has 0 bridgehead atoms. The lowest BCUT2D eigenvalue weighted by molar-refractivity contribution is -0.307. The fraction of sp³-hybridized carbons (Fsp3) is 0.303. The van der Waals surface area contributed by atoms with Crippen molar-refractivity contribution in [3.05, 3.63) is 128 Å². The molecular weight excluding hydrogens is 552 g/mol. The van der Waals surface area contributed by atoms with Crippen LogP contribution in [0.2, 0.25) is 0 Å². The lowest BCUT2D eigenvalue weighted by Crippen LogP contribution is -2.59. The summed E-state index contributed by atoms with van der Waals surface area (Å²) in [7, 11) is 0. The molecule has 0 spiro atoms. The number of hydrogen-bond donors (Lipinski definition) is 1. The number of nitrogens with one attached hydrogen (secondary N) is 1. The van der Waals surface area contributed by atoms with Gasteiger partial charge in [0.1, 0.15) is 24.9 Å². The Morgan fingerprint density at radius 2 is 1.58 bits per heavy atom. The van der Waals surface area contributed by atoms with Gasteiger partial charge in [0, 0.05) is 23.2 Å². The number of aryl methyl sites for hydroxylation is 1. The van der Waals surface area contributed by atoms with Crippen LogP contribution in [0, 0.1) is 6.92 Å². The van der Waals surface area contributed by atoms with Crippen molar-refractivity contribution in [3.63, 3.8) is 0 Å². The number of benzene rings is 3. The van der Waals surface area contributed by atoms with Crippen LogP contribution < -0.4 is 11.2 Å². The summed E-state index contributed by atoms with van der Waals surface area (Å²) in [4.78, 5) is 40.7. The molecule has 0 radical (unpaired) electrons. The molecule has 220 valence electrons. The molecule has 0 amide bonds. The maximum atomic E-state index is 13.4. The zero-order valence-corrected chi connectivity index (χ0v) is 23.4. The van der Waals surface area contributed by atoms with Crippen LogP contribution in [-0.2, 0) is 23.7 Å². The highest BCUT2D eigenvalue weighted by molar-refractivity contribution is 5.79. The van der Waals surface area contributed by atoms with Gasteiger partial charge in [-0.2, -0.15) is 0 Å². The van der Waals surface area contributed by atoms with Gasteiger partial charge in [-0.3, -0.25) is 14.3 Å². The van der Waals surface area contributed by atoms with Gasteiger partial charge in [0.05, 0.1) is 13.2 Å². The summed E-state index contributed by atoms with van der Waals surface area (Å²) in [6.45, 7) is 1.89. The molecule has 43 heavy (non-hydrogen) atoms. The molecule has 3 aliphatic rings. The summed E-state index contributed by atoms with van der Waals surface area (Å²) in [6.07, 6.45) is -2.49. The van der Waals surface area contributed by atoms with Crippen molar-refractivity contribution in [2.75, 3.05) is 19.8 Å². The molecule has 7 rings (SSSR count). The van der Waals surface area contributed by atoms with Gasteiger partial charge in [0.2, 0.25) is 0 Å². The van der Waals surface area contributed by atoms with E-state index in [-0.39, 0.29) is 25.7 Å². The van der Waals surface area contributed by atoms with Crippen molar-refractivity contribution < 1.29 is 28.5 Å². The second-order valence-electron chi connectivity index (χ2n) is 11.0. The maximum absolute atomic E-state index is 13.4. The van der Waals surface area contributed by atoms with Crippen LogP contribution in [0.1, 0.15) is 40.5 Å². The van der Waals surface area contributed by atoms with E-state index in [4.69, 9.17) is 23.7 Å². The van der Waals surface area contributed by atoms with Crippen LogP contribution in [0.15, 0.2) is 94.6 Å². The van der Waals surface area contributed by atoms with E-state index in [1.54, 1.807) is 6.92 Å². The summed E-state index contributed by atoms with van der Waals surface area (Å²) in [5.41, 5.74) is 4.37. The van der Waals surface area contributed by atoms with Crippen LogP contribution in [0.5, 0.6) is 0 Å². The molecule has 1 N–H and O–H groups in total. The van der Waals surface area contributed by atoms with E-state index in [1.807, 2.05) is 66.7 Å². The number of H-pyrrole nitrogens is 1. The first-order valence-electron chi connectivity index (χ1n) is 14.2. The number of ether oxygens (including phenoxy) is 5. The summed E-state index contributed by atoms with van der Waals surface area (Å²) >= 11 is 0. The molecule has 2 fully saturated rings. The quantitative estimate of drug-likeness (QED) is 0.348. The number of carbonyl (C=O) groups excluding carboxylic acids is 1. The van der Waals surface area contributed by atoms with Crippen molar-refractivity contribution in [3.8, 4) is 11.1 Å². The van der Waals surface area contributed by atoms with E-state index in [0.717, 1.165) is 27.8 Å². The van der Waals surface area contributed by atoms with Crippen LogP contribution in [-0.4, -0.2) is 53.8 Å². The summed E-state index contributed by atoms with van der Waals surface area (Å²) < 4.78 is 31.4. The van der Waals surface area contributed by atoms with Crippen molar-refractivity contribution in [1.29, 1.82) is 0 Å². The van der Waals surface area contributed by atoms with E-state index >= 15 is 0 Å². The first kappa shape index (κ1) is 27.3. The molecule has 3 heterocycles. The number of aromatic amines is 1. The number of aromatic nitrogens is 2. The topological polar surface area (TPSA) is 118 Å². The molecule has 2 saturated heterocycles. The van der Waals surface area contributed by atoms with Crippen LogP contribution >= 0.6 is 0 Å². The van der Waals surface area contributed by atoms with Crippen molar-refractivity contribution >= 4 is 6.16 Å². The van der Waals surface area contributed by atoms with Gasteiger partial charge in [0.25, 0.3) is 5.56 Å². The van der Waals surface area contributed by atoms with Gasteiger partial charge in [-0.1, -0.05) is 78.9 Å². The molecule has 4 aromatic rings. The molecule has 10 nitrogen and oxygen atoms in total. The Kier molecular flexibility index (Phi) is 7.18. The summed E-state index contributed by atoms with van der Waals surface area (Å²) in [6, 6.07) is 24.7. The molecule has 1 aromatic heterocycles. The molecule has 5 atom stereocenters. The molecule has 1 aliphatic carbocycles. The zero-order chi connectivity index (χ0) is 29.5. The lowest BCUT2D eigenvalue weighted by atomic mass is 9.96. The third-order valence-electron chi connectivity index (χ3n) is 8.38. The SMILES string of the molecule is Cc1cn([C@@H]2CO[C@@H]3CO[C@@H](c4ccccc4)O[C@H]3[C@H]2OC(=O)OCC2c3ccccc3-c3ccccc32)c(=O)[nH]c1=O. The Balaban J connectivity index is 1.16. The highest BCUT2D eigenvalue weighted by atomic mass is 16.8. The monoisotopic (exact) mass is 582 g/mol. The lowest BCUT2D eigenvalue weighted by Gasteiger charge is -2.46. The van der Waals surface area contributed by atoms with Gasteiger partial charge in [-0.05, 0) is 29.2 Å². The number of fused-ring (bicyclic) bond motifs is 4. The van der Waals surface area contributed by atoms with Crippen molar-refractivity contribution in [2.45, 2.75) is 43.5 Å². The van der Waals surface area contributed by atoms with Gasteiger partial charge >= 0.3 is 11.8 Å². The Hall–Kier alpha value is -4.51. The Morgan fingerprint density at radius 1 is 0.907 bits per heavy atom. The Morgan fingerprint density at radius 3 is 2.30 bits per heavy atom. The standard InChI is InChI=1S/C33H30N2O8/c1-19-15-35(32(37)34-30(19)36)26-17-39-27-18-40-31(20-9-3-2-4-10-20)42-29(27)28(26)43-33(38)41-16-25-23-13-7-5-11-21(23)22-12-6-8-14-24(22)25/h2-15,25-29,31H,16-18H2,1H3,(H,34,36,37)/t26-,27-,28+,29-,31-/m1/s1. The highest BCUT2D eigenvalue weighted by Crippen LogP contribution is 2.44. The molecule has 0 unspecified atom stereocenters. The minimum Gasteiger partial charge on any atom is -0.433 e. The minimum atomic E-state index is -0.979.